The Balaban J connectivity index is 2.41. The highest BCUT2D eigenvalue weighted by Crippen LogP contribution is 2.12. The van der Waals surface area contributed by atoms with Crippen molar-refractivity contribution in [3.8, 4) is 0 Å². The first-order valence-corrected chi connectivity index (χ1v) is 5.12. The number of aliphatic hydroxyl groups excluding tert-OH is 1. The van der Waals surface area contributed by atoms with Gasteiger partial charge in [0.1, 0.15) is 0 Å². The number of aliphatic hydroxyl groups is 1. The third-order valence-corrected chi connectivity index (χ3v) is 2.48. The van der Waals surface area contributed by atoms with E-state index in [4.69, 9.17) is 10.8 Å². The Morgan fingerprint density at radius 3 is 2.46 bits per heavy atom. The van der Waals surface area contributed by atoms with E-state index in [0.717, 1.165) is 17.3 Å². The molecule has 3 N–H and O–H groups in total. The van der Waals surface area contributed by atoms with E-state index in [-0.39, 0.29) is 12.6 Å². The Kier molecular flexibility index (Phi) is 4.42. The third-order valence-electron chi connectivity index (χ3n) is 1.95. The van der Waals surface area contributed by atoms with Crippen molar-refractivity contribution in [3.05, 3.63) is 34.3 Å². The fraction of sp³-hybridized carbons (Fsp3) is 0.400. The fourth-order valence-corrected chi connectivity index (χ4v) is 1.36. The van der Waals surface area contributed by atoms with Gasteiger partial charge in [-0.3, -0.25) is 0 Å². The van der Waals surface area contributed by atoms with Gasteiger partial charge >= 0.3 is 0 Å². The summed E-state index contributed by atoms with van der Waals surface area (Å²) in [5.41, 5.74) is 6.85. The van der Waals surface area contributed by atoms with E-state index in [1.165, 1.54) is 5.56 Å². The minimum Gasteiger partial charge on any atom is -0.395 e. The zero-order valence-electron chi connectivity index (χ0n) is 7.41. The summed E-state index contributed by atoms with van der Waals surface area (Å²) in [6.07, 6.45) is 1.76. The molecule has 0 spiro atoms. The smallest absolute Gasteiger partial charge is 0.0582 e. The monoisotopic (exact) mass is 243 g/mol. The van der Waals surface area contributed by atoms with Crippen LogP contribution in [0, 0.1) is 0 Å². The topological polar surface area (TPSA) is 46.2 Å². The molecular formula is C10H14BrNO. The van der Waals surface area contributed by atoms with E-state index in [1.54, 1.807) is 0 Å². The average molecular weight is 244 g/mol. The van der Waals surface area contributed by atoms with Crippen molar-refractivity contribution in [2.75, 3.05) is 6.61 Å². The molecule has 0 aliphatic carbocycles. The van der Waals surface area contributed by atoms with Crippen LogP contribution in [0.3, 0.4) is 0 Å². The number of halogens is 1. The van der Waals surface area contributed by atoms with Crippen LogP contribution in [-0.4, -0.2) is 17.8 Å². The lowest BCUT2D eigenvalue weighted by Gasteiger charge is -2.07. The largest absolute Gasteiger partial charge is 0.395 e. The zero-order chi connectivity index (χ0) is 9.68. The maximum atomic E-state index is 8.72. The van der Waals surface area contributed by atoms with Crippen LogP contribution in [0.4, 0.5) is 0 Å². The first-order valence-electron chi connectivity index (χ1n) is 4.33. The number of aryl methyl sites for hydroxylation is 1. The van der Waals surface area contributed by atoms with Gasteiger partial charge in [-0.15, -0.1) is 0 Å². The third kappa shape index (κ3) is 3.89. The van der Waals surface area contributed by atoms with Crippen LogP contribution >= 0.6 is 15.9 Å². The van der Waals surface area contributed by atoms with Crippen molar-refractivity contribution in [2.24, 2.45) is 5.73 Å². The highest BCUT2D eigenvalue weighted by atomic mass is 79.9. The second-order valence-corrected chi connectivity index (χ2v) is 4.02. The summed E-state index contributed by atoms with van der Waals surface area (Å²) in [7, 11) is 0. The first-order chi connectivity index (χ1) is 6.22. The summed E-state index contributed by atoms with van der Waals surface area (Å²) < 4.78 is 1.09. The van der Waals surface area contributed by atoms with Gasteiger partial charge in [0.15, 0.2) is 0 Å². The Morgan fingerprint density at radius 1 is 1.31 bits per heavy atom. The van der Waals surface area contributed by atoms with Gasteiger partial charge in [-0.25, -0.2) is 0 Å². The Labute approximate surface area is 86.9 Å². The van der Waals surface area contributed by atoms with Crippen LogP contribution < -0.4 is 5.73 Å². The quantitative estimate of drug-likeness (QED) is 0.846. The van der Waals surface area contributed by atoms with E-state index in [2.05, 4.69) is 28.1 Å². The minimum atomic E-state index is -0.0938. The van der Waals surface area contributed by atoms with E-state index in [1.807, 2.05) is 12.1 Å². The molecule has 1 aromatic rings. The zero-order valence-corrected chi connectivity index (χ0v) is 9.00. The molecule has 0 bridgehead atoms. The van der Waals surface area contributed by atoms with E-state index < -0.39 is 0 Å². The summed E-state index contributed by atoms with van der Waals surface area (Å²) in [5, 5.41) is 8.72. The van der Waals surface area contributed by atoms with Crippen molar-refractivity contribution in [3.63, 3.8) is 0 Å². The molecule has 0 fully saturated rings. The van der Waals surface area contributed by atoms with Gasteiger partial charge in [0, 0.05) is 10.5 Å². The van der Waals surface area contributed by atoms with Crippen molar-refractivity contribution < 1.29 is 5.11 Å². The van der Waals surface area contributed by atoms with Crippen LogP contribution in [0.25, 0.3) is 0 Å². The summed E-state index contributed by atoms with van der Waals surface area (Å²) in [5.74, 6) is 0. The molecular weight excluding hydrogens is 230 g/mol. The van der Waals surface area contributed by atoms with Gasteiger partial charge in [-0.2, -0.15) is 0 Å². The minimum absolute atomic E-state index is 0.0660. The molecule has 0 heterocycles. The Hall–Kier alpha value is -0.380. The van der Waals surface area contributed by atoms with E-state index in [0.29, 0.717) is 0 Å². The van der Waals surface area contributed by atoms with Crippen LogP contribution in [0.15, 0.2) is 28.7 Å². The molecule has 72 valence electrons. The summed E-state index contributed by atoms with van der Waals surface area (Å²) >= 11 is 3.37. The number of hydrogen-bond acceptors (Lipinski definition) is 2. The predicted molar refractivity (Wildman–Crippen MR) is 57.5 cm³/mol. The molecule has 0 saturated heterocycles. The molecule has 13 heavy (non-hydrogen) atoms. The number of hydrogen-bond donors (Lipinski definition) is 2. The van der Waals surface area contributed by atoms with E-state index >= 15 is 0 Å². The lowest BCUT2D eigenvalue weighted by molar-refractivity contribution is 0.260. The highest BCUT2D eigenvalue weighted by molar-refractivity contribution is 9.10. The molecule has 1 atom stereocenters. The Morgan fingerprint density at radius 2 is 1.92 bits per heavy atom. The van der Waals surface area contributed by atoms with Gasteiger partial charge < -0.3 is 10.8 Å². The van der Waals surface area contributed by atoms with Crippen molar-refractivity contribution in [2.45, 2.75) is 18.9 Å². The van der Waals surface area contributed by atoms with E-state index in [9.17, 15) is 0 Å². The van der Waals surface area contributed by atoms with Crippen LogP contribution in [0.1, 0.15) is 12.0 Å². The lowest BCUT2D eigenvalue weighted by Crippen LogP contribution is -2.24. The second-order valence-electron chi connectivity index (χ2n) is 3.11. The number of rotatable bonds is 4. The second kappa shape index (κ2) is 5.37. The molecule has 0 saturated carbocycles. The molecule has 2 nitrogen and oxygen atoms in total. The lowest BCUT2D eigenvalue weighted by atomic mass is 10.1. The first kappa shape index (κ1) is 10.7. The molecule has 0 aliphatic heterocycles. The van der Waals surface area contributed by atoms with Crippen LogP contribution in [0.5, 0.6) is 0 Å². The van der Waals surface area contributed by atoms with Crippen molar-refractivity contribution >= 4 is 15.9 Å². The van der Waals surface area contributed by atoms with Gasteiger partial charge in [0.25, 0.3) is 0 Å². The van der Waals surface area contributed by atoms with Crippen LogP contribution in [-0.2, 0) is 6.42 Å². The number of benzene rings is 1. The molecule has 1 rings (SSSR count). The molecule has 0 radical (unpaired) electrons. The summed E-state index contributed by atoms with van der Waals surface area (Å²) in [6.45, 7) is 0.0660. The Bertz CT molecular complexity index is 248. The standard InChI is InChI=1S/C10H14BrNO/c11-9-4-1-8(2-5-9)3-6-10(12)7-13/h1-2,4-5,10,13H,3,6-7,12H2/t10-/m1/s1. The molecule has 0 aromatic heterocycles. The van der Waals surface area contributed by atoms with Gasteiger partial charge in [0.05, 0.1) is 6.61 Å². The van der Waals surface area contributed by atoms with Crippen molar-refractivity contribution in [1.29, 1.82) is 0 Å². The fourth-order valence-electron chi connectivity index (χ4n) is 1.09. The molecule has 0 unspecified atom stereocenters. The van der Waals surface area contributed by atoms with Gasteiger partial charge in [0.2, 0.25) is 0 Å². The summed E-state index contributed by atoms with van der Waals surface area (Å²) in [6, 6.07) is 8.06. The number of nitrogens with two attached hydrogens (primary N) is 1. The maximum Gasteiger partial charge on any atom is 0.0582 e. The molecule has 0 aliphatic rings. The highest BCUT2D eigenvalue weighted by Gasteiger charge is 2.00. The SMILES string of the molecule is N[C@@H](CO)CCc1ccc(Br)cc1. The normalized spacial score (nSPS) is 12.8. The molecule has 1 aromatic carbocycles. The predicted octanol–water partition coefficient (Wildman–Crippen LogP) is 1.70. The average Bonchev–Trinajstić information content (AvgIpc) is 2.16. The summed E-state index contributed by atoms with van der Waals surface area (Å²) in [4.78, 5) is 0. The van der Waals surface area contributed by atoms with Crippen LogP contribution in [0.2, 0.25) is 0 Å². The molecule has 0 amide bonds. The van der Waals surface area contributed by atoms with Crippen molar-refractivity contribution in [1.82, 2.24) is 0 Å². The molecule has 3 heteroatoms. The van der Waals surface area contributed by atoms with Gasteiger partial charge in [-0.1, -0.05) is 28.1 Å². The van der Waals surface area contributed by atoms with Gasteiger partial charge in [-0.05, 0) is 30.5 Å². The maximum absolute atomic E-state index is 8.72.